The molecule has 2 aliphatic rings. The zero-order valence-electron chi connectivity index (χ0n) is 18.6. The summed E-state index contributed by atoms with van der Waals surface area (Å²) in [5.41, 5.74) is 0.939. The van der Waals surface area contributed by atoms with Gasteiger partial charge < -0.3 is 18.9 Å². The Morgan fingerprint density at radius 1 is 1.16 bits per heavy atom. The summed E-state index contributed by atoms with van der Waals surface area (Å²) in [4.78, 5) is 8.07. The van der Waals surface area contributed by atoms with E-state index in [0.717, 1.165) is 55.2 Å². The van der Waals surface area contributed by atoms with Crippen molar-refractivity contribution in [2.75, 3.05) is 31.7 Å². The van der Waals surface area contributed by atoms with Gasteiger partial charge in [-0.1, -0.05) is 5.16 Å². The Kier molecular flexibility index (Phi) is 6.02. The molecule has 2 atom stereocenters. The third-order valence-corrected chi connectivity index (χ3v) is 6.50. The highest BCUT2D eigenvalue weighted by Gasteiger charge is 2.43. The van der Waals surface area contributed by atoms with Gasteiger partial charge in [-0.25, -0.2) is 0 Å². The van der Waals surface area contributed by atoms with E-state index in [0.29, 0.717) is 24.3 Å². The van der Waals surface area contributed by atoms with Crippen molar-refractivity contribution in [1.82, 2.24) is 30.3 Å². The fourth-order valence-corrected chi connectivity index (χ4v) is 4.69. The summed E-state index contributed by atoms with van der Waals surface area (Å²) in [5, 5.41) is 16.1. The highest BCUT2D eigenvalue weighted by atomic mass is 16.5. The van der Waals surface area contributed by atoms with Crippen molar-refractivity contribution in [3.63, 3.8) is 0 Å². The van der Waals surface area contributed by atoms with Gasteiger partial charge in [0.05, 0.1) is 13.7 Å². The lowest BCUT2D eigenvalue weighted by Crippen LogP contribution is -2.34. The van der Waals surface area contributed by atoms with Gasteiger partial charge in [-0.05, 0) is 72.9 Å². The number of methoxy groups -OCH3 is 1. The second kappa shape index (κ2) is 9.23. The van der Waals surface area contributed by atoms with Gasteiger partial charge in [0.25, 0.3) is 0 Å². The average Bonchev–Trinajstić information content (AvgIpc) is 3.20. The van der Waals surface area contributed by atoms with Crippen LogP contribution in [0.2, 0.25) is 0 Å². The molecule has 1 aromatic carbocycles. The molecular weight excluding hydrogens is 410 g/mol. The van der Waals surface area contributed by atoms with Crippen molar-refractivity contribution < 1.29 is 14.0 Å². The SMILES string of the molecule is COCc1noc(N2CCC([C@H]3C[C@H]3CCOc3ccc(-c4nnn(C)n4)cc3)CC2)n1. The van der Waals surface area contributed by atoms with E-state index in [2.05, 4.69) is 30.5 Å². The standard InChI is InChI=1S/C22H29N7O3/c1-28-25-21(24-27-28)16-3-5-18(6-4-16)31-12-9-17-13-19(17)15-7-10-29(11-8-15)22-23-20(14-30-2)26-32-22/h3-6,15,17,19H,7-14H2,1-2H3/t17-,19-/m1/s1. The summed E-state index contributed by atoms with van der Waals surface area (Å²) in [6, 6.07) is 8.52. The number of aromatic nitrogens is 6. The van der Waals surface area contributed by atoms with Gasteiger partial charge in [0.15, 0.2) is 5.82 Å². The minimum Gasteiger partial charge on any atom is -0.494 e. The van der Waals surface area contributed by atoms with Crippen molar-refractivity contribution in [2.45, 2.75) is 32.3 Å². The fourth-order valence-electron chi connectivity index (χ4n) is 4.69. The molecule has 1 aliphatic carbocycles. The molecule has 0 bridgehead atoms. The Morgan fingerprint density at radius 2 is 1.97 bits per heavy atom. The van der Waals surface area contributed by atoms with Crippen LogP contribution >= 0.6 is 0 Å². The highest BCUT2D eigenvalue weighted by molar-refractivity contribution is 5.55. The van der Waals surface area contributed by atoms with Gasteiger partial charge in [0.1, 0.15) is 12.4 Å². The van der Waals surface area contributed by atoms with E-state index < -0.39 is 0 Å². The number of ether oxygens (including phenoxy) is 2. The van der Waals surface area contributed by atoms with Crippen LogP contribution in [-0.2, 0) is 18.4 Å². The second-order valence-corrected chi connectivity index (χ2v) is 8.67. The number of hydrogen-bond acceptors (Lipinski definition) is 9. The number of benzene rings is 1. The molecule has 1 saturated carbocycles. The maximum Gasteiger partial charge on any atom is 0.324 e. The van der Waals surface area contributed by atoms with Crippen LogP contribution in [0.5, 0.6) is 5.75 Å². The predicted molar refractivity (Wildman–Crippen MR) is 116 cm³/mol. The van der Waals surface area contributed by atoms with E-state index in [1.807, 2.05) is 24.3 Å². The van der Waals surface area contributed by atoms with Crippen LogP contribution < -0.4 is 9.64 Å². The van der Waals surface area contributed by atoms with E-state index in [4.69, 9.17) is 14.0 Å². The van der Waals surface area contributed by atoms with Gasteiger partial charge in [0, 0.05) is 25.8 Å². The summed E-state index contributed by atoms with van der Waals surface area (Å²) < 4.78 is 16.4. The van der Waals surface area contributed by atoms with Crippen molar-refractivity contribution in [2.24, 2.45) is 24.8 Å². The lowest BCUT2D eigenvalue weighted by atomic mass is 9.90. The molecule has 0 spiro atoms. The molecule has 0 radical (unpaired) electrons. The Balaban J connectivity index is 1.02. The smallest absolute Gasteiger partial charge is 0.324 e. The zero-order valence-corrected chi connectivity index (χ0v) is 18.6. The Bertz CT molecular complexity index is 1010. The molecule has 10 heteroatoms. The van der Waals surface area contributed by atoms with Crippen LogP contribution in [0.3, 0.4) is 0 Å². The Labute approximate surface area is 186 Å². The third-order valence-electron chi connectivity index (χ3n) is 6.50. The molecule has 5 rings (SSSR count). The van der Waals surface area contributed by atoms with Crippen LogP contribution in [0, 0.1) is 17.8 Å². The summed E-state index contributed by atoms with van der Waals surface area (Å²) in [5.74, 6) is 4.52. The lowest BCUT2D eigenvalue weighted by molar-refractivity contribution is 0.174. The molecule has 2 fully saturated rings. The summed E-state index contributed by atoms with van der Waals surface area (Å²) in [6.07, 6.45) is 4.80. The van der Waals surface area contributed by atoms with Crippen LogP contribution in [0.15, 0.2) is 28.8 Å². The van der Waals surface area contributed by atoms with Gasteiger partial charge in [-0.2, -0.15) is 9.78 Å². The third kappa shape index (κ3) is 4.74. The van der Waals surface area contributed by atoms with Crippen molar-refractivity contribution in [3.05, 3.63) is 30.1 Å². The van der Waals surface area contributed by atoms with E-state index in [9.17, 15) is 0 Å². The number of anilines is 1. The van der Waals surface area contributed by atoms with Gasteiger partial charge >= 0.3 is 6.01 Å². The van der Waals surface area contributed by atoms with Gasteiger partial charge in [-0.15, -0.1) is 10.2 Å². The first-order valence-corrected chi connectivity index (χ1v) is 11.2. The first-order chi connectivity index (χ1) is 15.7. The Morgan fingerprint density at radius 3 is 2.69 bits per heavy atom. The van der Waals surface area contributed by atoms with Crippen molar-refractivity contribution >= 4 is 6.01 Å². The molecule has 170 valence electrons. The lowest BCUT2D eigenvalue weighted by Gasteiger charge is -2.30. The number of rotatable bonds is 9. The summed E-state index contributed by atoms with van der Waals surface area (Å²) >= 11 is 0. The quantitative estimate of drug-likeness (QED) is 0.498. The number of hydrogen-bond donors (Lipinski definition) is 0. The molecule has 0 N–H and O–H groups in total. The van der Waals surface area contributed by atoms with Crippen molar-refractivity contribution in [1.29, 1.82) is 0 Å². The highest BCUT2D eigenvalue weighted by Crippen LogP contribution is 2.49. The first kappa shape index (κ1) is 20.9. The topological polar surface area (TPSA) is 104 Å². The monoisotopic (exact) mass is 439 g/mol. The molecule has 3 aromatic rings. The molecule has 32 heavy (non-hydrogen) atoms. The zero-order chi connectivity index (χ0) is 21.9. The molecular formula is C22H29N7O3. The molecule has 2 aromatic heterocycles. The average molecular weight is 440 g/mol. The fraction of sp³-hybridized carbons (Fsp3) is 0.591. The Hall–Kier alpha value is -3.01. The molecule has 0 unspecified atom stereocenters. The maximum absolute atomic E-state index is 5.98. The molecule has 1 aliphatic heterocycles. The minimum absolute atomic E-state index is 0.384. The number of piperidine rings is 1. The normalized spacial score (nSPS) is 21.1. The molecule has 10 nitrogen and oxygen atoms in total. The summed E-state index contributed by atoms with van der Waals surface area (Å²) in [6.45, 7) is 3.10. The van der Waals surface area contributed by atoms with Crippen LogP contribution in [0.1, 0.15) is 31.5 Å². The van der Waals surface area contributed by atoms with Gasteiger partial charge in [-0.3, -0.25) is 0 Å². The van der Waals surface area contributed by atoms with Crippen molar-refractivity contribution in [3.8, 4) is 17.1 Å². The van der Waals surface area contributed by atoms with Crippen LogP contribution in [-0.4, -0.2) is 57.2 Å². The number of nitrogens with zero attached hydrogens (tertiary/aromatic N) is 7. The number of tetrazole rings is 1. The largest absolute Gasteiger partial charge is 0.494 e. The van der Waals surface area contributed by atoms with E-state index in [1.54, 1.807) is 14.2 Å². The van der Waals surface area contributed by atoms with E-state index in [-0.39, 0.29) is 0 Å². The molecule has 0 amide bonds. The maximum atomic E-state index is 5.98. The summed E-state index contributed by atoms with van der Waals surface area (Å²) in [7, 11) is 3.39. The van der Waals surface area contributed by atoms with Crippen LogP contribution in [0.4, 0.5) is 6.01 Å². The molecule has 3 heterocycles. The number of aryl methyl sites for hydroxylation is 1. The van der Waals surface area contributed by atoms with Gasteiger partial charge in [0.2, 0.25) is 5.82 Å². The van der Waals surface area contributed by atoms with Crippen LogP contribution in [0.25, 0.3) is 11.4 Å². The van der Waals surface area contributed by atoms with E-state index >= 15 is 0 Å². The second-order valence-electron chi connectivity index (χ2n) is 8.67. The minimum atomic E-state index is 0.384. The predicted octanol–water partition coefficient (Wildman–Crippen LogP) is 2.73. The first-order valence-electron chi connectivity index (χ1n) is 11.2. The van der Waals surface area contributed by atoms with E-state index in [1.165, 1.54) is 24.1 Å². The molecule has 1 saturated heterocycles.